The molecule has 0 spiro atoms. The fraction of sp³-hybridized carbons (Fsp3) is 0.105. The Morgan fingerprint density at radius 1 is 1.08 bits per heavy atom. The molecule has 4 rings (SSSR count). The fourth-order valence-electron chi connectivity index (χ4n) is 2.70. The first-order chi connectivity index (χ1) is 12.2. The van der Waals surface area contributed by atoms with Crippen molar-refractivity contribution in [2.24, 2.45) is 0 Å². The Balaban J connectivity index is 1.41. The molecule has 0 saturated heterocycles. The lowest BCUT2D eigenvalue weighted by Gasteiger charge is -2.02. The minimum atomic E-state index is 0.616. The molecule has 2 heterocycles. The molecular formula is C19H15BrClN3O. The van der Waals surface area contributed by atoms with E-state index in [9.17, 15) is 0 Å². The summed E-state index contributed by atoms with van der Waals surface area (Å²) in [4.78, 5) is 7.85. The van der Waals surface area contributed by atoms with Gasteiger partial charge in [0.15, 0.2) is 0 Å². The molecule has 0 bridgehead atoms. The number of furan rings is 1. The highest BCUT2D eigenvalue weighted by molar-refractivity contribution is 9.10. The van der Waals surface area contributed by atoms with E-state index in [2.05, 4.69) is 31.2 Å². The number of imidazole rings is 1. The zero-order valence-electron chi connectivity index (χ0n) is 13.2. The molecule has 0 saturated carbocycles. The lowest BCUT2D eigenvalue weighted by atomic mass is 10.2. The van der Waals surface area contributed by atoms with Crippen LogP contribution in [-0.4, -0.2) is 9.97 Å². The predicted octanol–water partition coefficient (Wildman–Crippen LogP) is 5.53. The Kier molecular flexibility index (Phi) is 4.61. The highest BCUT2D eigenvalue weighted by atomic mass is 79.9. The summed E-state index contributed by atoms with van der Waals surface area (Å²) in [5, 5.41) is 4.00. The van der Waals surface area contributed by atoms with Crippen LogP contribution in [0.4, 0.5) is 0 Å². The van der Waals surface area contributed by atoms with Gasteiger partial charge < -0.3 is 14.7 Å². The largest absolute Gasteiger partial charge is 0.460 e. The van der Waals surface area contributed by atoms with Crippen molar-refractivity contribution in [3.05, 3.63) is 75.7 Å². The molecule has 2 aromatic heterocycles. The van der Waals surface area contributed by atoms with E-state index in [1.807, 2.05) is 54.6 Å². The van der Waals surface area contributed by atoms with Crippen molar-refractivity contribution in [2.75, 3.05) is 0 Å². The normalized spacial score (nSPS) is 11.3. The molecule has 0 atom stereocenters. The van der Waals surface area contributed by atoms with Gasteiger partial charge in [-0.3, -0.25) is 0 Å². The molecule has 0 amide bonds. The van der Waals surface area contributed by atoms with E-state index in [0.717, 1.165) is 38.4 Å². The average Bonchev–Trinajstić information content (AvgIpc) is 3.21. The van der Waals surface area contributed by atoms with E-state index in [0.29, 0.717) is 18.1 Å². The van der Waals surface area contributed by atoms with Crippen LogP contribution < -0.4 is 5.32 Å². The number of aromatic amines is 1. The molecule has 6 heteroatoms. The maximum atomic E-state index is 6.28. The summed E-state index contributed by atoms with van der Waals surface area (Å²) >= 11 is 9.69. The van der Waals surface area contributed by atoms with Gasteiger partial charge in [0.1, 0.15) is 17.3 Å². The molecule has 4 nitrogen and oxygen atoms in total. The standard InChI is InChI=1S/C19H15BrClN3O/c20-12-5-7-14(15(21)9-12)18-8-6-13(25-18)10-22-11-19-23-16-3-1-2-4-17(16)24-19/h1-9,22H,10-11H2,(H,23,24). The van der Waals surface area contributed by atoms with Gasteiger partial charge in [-0.05, 0) is 42.5 Å². The summed E-state index contributed by atoms with van der Waals surface area (Å²) in [6.07, 6.45) is 0. The second kappa shape index (κ2) is 7.04. The Morgan fingerprint density at radius 3 is 2.80 bits per heavy atom. The maximum Gasteiger partial charge on any atom is 0.135 e. The van der Waals surface area contributed by atoms with Crippen molar-refractivity contribution in [2.45, 2.75) is 13.1 Å². The first kappa shape index (κ1) is 16.4. The number of rotatable bonds is 5. The maximum absolute atomic E-state index is 6.28. The highest BCUT2D eigenvalue weighted by Crippen LogP contribution is 2.31. The molecule has 4 aromatic rings. The van der Waals surface area contributed by atoms with Crippen LogP contribution in [0.3, 0.4) is 0 Å². The molecule has 0 radical (unpaired) electrons. The van der Waals surface area contributed by atoms with Crippen LogP contribution in [0.1, 0.15) is 11.6 Å². The van der Waals surface area contributed by atoms with Crippen molar-refractivity contribution >= 4 is 38.6 Å². The zero-order chi connectivity index (χ0) is 17.2. The number of halogens is 2. The molecular weight excluding hydrogens is 402 g/mol. The number of H-pyrrole nitrogens is 1. The van der Waals surface area contributed by atoms with Gasteiger partial charge in [-0.2, -0.15) is 0 Å². The lowest BCUT2D eigenvalue weighted by Crippen LogP contribution is -2.13. The van der Waals surface area contributed by atoms with Crippen molar-refractivity contribution < 1.29 is 4.42 Å². The molecule has 0 aliphatic heterocycles. The number of nitrogens with zero attached hydrogens (tertiary/aromatic N) is 1. The summed E-state index contributed by atoms with van der Waals surface area (Å²) in [5.74, 6) is 2.52. The van der Waals surface area contributed by atoms with Gasteiger partial charge in [0.25, 0.3) is 0 Å². The van der Waals surface area contributed by atoms with E-state index in [4.69, 9.17) is 16.0 Å². The zero-order valence-corrected chi connectivity index (χ0v) is 15.6. The summed E-state index contributed by atoms with van der Waals surface area (Å²) in [5.41, 5.74) is 2.90. The topological polar surface area (TPSA) is 53.9 Å². The van der Waals surface area contributed by atoms with Crippen molar-refractivity contribution in [1.82, 2.24) is 15.3 Å². The van der Waals surface area contributed by atoms with Crippen LogP contribution in [0.25, 0.3) is 22.4 Å². The lowest BCUT2D eigenvalue weighted by molar-refractivity contribution is 0.491. The van der Waals surface area contributed by atoms with E-state index in [1.54, 1.807) is 0 Å². The van der Waals surface area contributed by atoms with Gasteiger partial charge in [0, 0.05) is 10.0 Å². The molecule has 0 aliphatic rings. The number of hydrogen-bond donors (Lipinski definition) is 2. The predicted molar refractivity (Wildman–Crippen MR) is 103 cm³/mol. The van der Waals surface area contributed by atoms with Gasteiger partial charge in [0.2, 0.25) is 0 Å². The van der Waals surface area contributed by atoms with E-state index < -0.39 is 0 Å². The van der Waals surface area contributed by atoms with Crippen LogP contribution >= 0.6 is 27.5 Å². The highest BCUT2D eigenvalue weighted by Gasteiger charge is 2.09. The van der Waals surface area contributed by atoms with Crippen molar-refractivity contribution in [3.8, 4) is 11.3 Å². The number of benzene rings is 2. The molecule has 0 unspecified atom stereocenters. The number of fused-ring (bicyclic) bond motifs is 1. The Bertz CT molecular complexity index is 991. The minimum Gasteiger partial charge on any atom is -0.460 e. The summed E-state index contributed by atoms with van der Waals surface area (Å²) in [7, 11) is 0. The Hall–Kier alpha value is -2.08. The molecule has 126 valence electrons. The Morgan fingerprint density at radius 2 is 1.96 bits per heavy atom. The summed E-state index contributed by atoms with van der Waals surface area (Å²) in [6.45, 7) is 1.26. The minimum absolute atomic E-state index is 0.616. The van der Waals surface area contributed by atoms with E-state index in [1.165, 1.54) is 0 Å². The number of hydrogen-bond acceptors (Lipinski definition) is 3. The third kappa shape index (κ3) is 3.63. The number of aromatic nitrogens is 2. The molecule has 2 N–H and O–H groups in total. The second-order valence-corrected chi connectivity index (χ2v) is 7.02. The second-order valence-electron chi connectivity index (χ2n) is 5.69. The Labute approximate surface area is 158 Å². The van der Waals surface area contributed by atoms with E-state index >= 15 is 0 Å². The first-order valence-corrected chi connectivity index (χ1v) is 9.04. The van der Waals surface area contributed by atoms with Crippen LogP contribution in [0.15, 0.2) is 63.5 Å². The molecule has 25 heavy (non-hydrogen) atoms. The number of nitrogens with one attached hydrogen (secondary N) is 2. The third-order valence-electron chi connectivity index (χ3n) is 3.89. The number of para-hydroxylation sites is 2. The van der Waals surface area contributed by atoms with Gasteiger partial charge in [0.05, 0.1) is 29.1 Å². The van der Waals surface area contributed by atoms with Gasteiger partial charge in [-0.25, -0.2) is 4.98 Å². The van der Waals surface area contributed by atoms with Crippen molar-refractivity contribution in [3.63, 3.8) is 0 Å². The molecule has 2 aromatic carbocycles. The van der Waals surface area contributed by atoms with Gasteiger partial charge >= 0.3 is 0 Å². The van der Waals surface area contributed by atoms with Crippen LogP contribution in [-0.2, 0) is 13.1 Å². The quantitative estimate of drug-likeness (QED) is 0.450. The summed E-state index contributed by atoms with van der Waals surface area (Å²) in [6, 6.07) is 17.6. The molecule has 0 aliphatic carbocycles. The average molecular weight is 417 g/mol. The summed E-state index contributed by atoms with van der Waals surface area (Å²) < 4.78 is 6.84. The van der Waals surface area contributed by atoms with Crippen LogP contribution in [0.2, 0.25) is 5.02 Å². The fourth-order valence-corrected chi connectivity index (χ4v) is 3.47. The smallest absolute Gasteiger partial charge is 0.135 e. The van der Waals surface area contributed by atoms with E-state index in [-0.39, 0.29) is 0 Å². The first-order valence-electron chi connectivity index (χ1n) is 7.87. The van der Waals surface area contributed by atoms with Crippen LogP contribution in [0, 0.1) is 0 Å². The third-order valence-corrected chi connectivity index (χ3v) is 4.69. The molecule has 0 fully saturated rings. The monoisotopic (exact) mass is 415 g/mol. The van der Waals surface area contributed by atoms with Gasteiger partial charge in [-0.1, -0.05) is 39.7 Å². The van der Waals surface area contributed by atoms with Crippen molar-refractivity contribution in [1.29, 1.82) is 0 Å². The SMILES string of the molecule is Clc1cc(Br)ccc1-c1ccc(CNCc2nc3ccccc3[nH]2)o1. The van der Waals surface area contributed by atoms with Crippen LogP contribution in [0.5, 0.6) is 0 Å². The van der Waals surface area contributed by atoms with Gasteiger partial charge in [-0.15, -0.1) is 0 Å².